The van der Waals surface area contributed by atoms with E-state index in [0.29, 0.717) is 18.5 Å². The number of carbonyl (C=O) groups excluding carboxylic acids is 3. The van der Waals surface area contributed by atoms with Crippen molar-refractivity contribution in [2.24, 2.45) is 0 Å². The molecule has 0 spiro atoms. The smallest absolute Gasteiger partial charge is 0.414 e. The summed E-state index contributed by atoms with van der Waals surface area (Å²) in [7, 11) is 0. The maximum absolute atomic E-state index is 11.9. The predicted molar refractivity (Wildman–Crippen MR) is 90.1 cm³/mol. The molecule has 1 saturated heterocycles. The Bertz CT molecular complexity index is 595. The van der Waals surface area contributed by atoms with Crippen LogP contribution in [0, 0.1) is 0 Å². The maximum Gasteiger partial charge on any atom is 0.414 e. The predicted octanol–water partition coefficient (Wildman–Crippen LogP) is 2.55. The fraction of sp³-hybridized carbons (Fsp3) is 0.438. The minimum absolute atomic E-state index is 0.0965. The average molecular weight is 399 g/mol. The van der Waals surface area contributed by atoms with Crippen LogP contribution >= 0.6 is 15.9 Å². The number of carbonyl (C=O) groups is 3. The molecule has 0 aliphatic carbocycles. The molecule has 0 radical (unpaired) electrons. The standard InChI is InChI=1S/C16H19BrN2O5/c1-2-23-16(22)19-9-8-12(17)13(10-19)24-15(21)18-14(20)11-6-4-3-5-7-11/h3-7,12-13H,2,8-10H2,1H3,(H,18,20,21)/t12-,13-/m1/s1. The lowest BCUT2D eigenvalue weighted by molar-refractivity contribution is 0.0377. The highest BCUT2D eigenvalue weighted by Crippen LogP contribution is 2.21. The number of alkyl halides is 1. The highest BCUT2D eigenvalue weighted by atomic mass is 79.9. The zero-order chi connectivity index (χ0) is 17.5. The van der Waals surface area contributed by atoms with Gasteiger partial charge in [-0.15, -0.1) is 0 Å². The van der Waals surface area contributed by atoms with Gasteiger partial charge in [0, 0.05) is 12.1 Å². The van der Waals surface area contributed by atoms with Gasteiger partial charge in [-0.2, -0.15) is 0 Å². The third kappa shape index (κ3) is 4.95. The Morgan fingerprint density at radius 2 is 2.00 bits per heavy atom. The van der Waals surface area contributed by atoms with Crippen LogP contribution in [0.4, 0.5) is 9.59 Å². The van der Waals surface area contributed by atoms with Crippen molar-refractivity contribution in [2.45, 2.75) is 24.3 Å². The van der Waals surface area contributed by atoms with E-state index in [1.54, 1.807) is 37.3 Å². The van der Waals surface area contributed by atoms with Crippen LogP contribution in [0.15, 0.2) is 30.3 Å². The van der Waals surface area contributed by atoms with Gasteiger partial charge in [0.25, 0.3) is 5.91 Å². The Labute approximate surface area is 148 Å². The summed E-state index contributed by atoms with van der Waals surface area (Å²) in [5.74, 6) is -0.537. The van der Waals surface area contributed by atoms with Gasteiger partial charge < -0.3 is 14.4 Å². The monoisotopic (exact) mass is 398 g/mol. The fourth-order valence-corrected chi connectivity index (χ4v) is 2.78. The molecule has 0 saturated carbocycles. The first-order valence-electron chi connectivity index (χ1n) is 7.64. The number of halogens is 1. The third-order valence-electron chi connectivity index (χ3n) is 3.51. The van der Waals surface area contributed by atoms with Crippen molar-refractivity contribution in [3.8, 4) is 0 Å². The molecule has 1 fully saturated rings. The number of nitrogens with zero attached hydrogens (tertiary/aromatic N) is 1. The molecule has 1 aliphatic rings. The van der Waals surface area contributed by atoms with E-state index in [-0.39, 0.29) is 18.0 Å². The van der Waals surface area contributed by atoms with Gasteiger partial charge in [-0.25, -0.2) is 9.59 Å². The lowest BCUT2D eigenvalue weighted by Gasteiger charge is -2.34. The Hall–Kier alpha value is -2.09. The van der Waals surface area contributed by atoms with Crippen LogP contribution in [-0.2, 0) is 9.47 Å². The number of alkyl carbamates (subject to hydrolysis) is 1. The molecule has 24 heavy (non-hydrogen) atoms. The Kier molecular flexibility index (Phi) is 6.60. The number of likely N-dealkylation sites (tertiary alicyclic amines) is 1. The van der Waals surface area contributed by atoms with Crippen molar-refractivity contribution in [1.82, 2.24) is 10.2 Å². The molecule has 0 unspecified atom stereocenters. The molecule has 3 amide bonds. The highest BCUT2D eigenvalue weighted by Gasteiger charge is 2.33. The highest BCUT2D eigenvalue weighted by molar-refractivity contribution is 9.09. The lowest BCUT2D eigenvalue weighted by atomic mass is 10.1. The van der Waals surface area contributed by atoms with Crippen molar-refractivity contribution >= 4 is 34.0 Å². The molecular formula is C16H19BrN2O5. The first-order chi connectivity index (χ1) is 11.5. The average Bonchev–Trinajstić information content (AvgIpc) is 2.57. The van der Waals surface area contributed by atoms with Crippen LogP contribution in [0.25, 0.3) is 0 Å². The zero-order valence-corrected chi connectivity index (χ0v) is 14.8. The van der Waals surface area contributed by atoms with E-state index in [1.165, 1.54) is 4.90 Å². The first kappa shape index (κ1) is 18.3. The van der Waals surface area contributed by atoms with Gasteiger partial charge in [0.15, 0.2) is 0 Å². The second-order valence-electron chi connectivity index (χ2n) is 5.21. The number of piperidine rings is 1. The van der Waals surface area contributed by atoms with Crippen molar-refractivity contribution in [2.75, 3.05) is 19.7 Å². The normalized spacial score (nSPS) is 20.2. The van der Waals surface area contributed by atoms with Crippen molar-refractivity contribution in [3.05, 3.63) is 35.9 Å². The van der Waals surface area contributed by atoms with Crippen molar-refractivity contribution in [1.29, 1.82) is 0 Å². The topological polar surface area (TPSA) is 84.9 Å². The van der Waals surface area contributed by atoms with Gasteiger partial charge in [-0.05, 0) is 25.5 Å². The molecule has 1 aliphatic heterocycles. The summed E-state index contributed by atoms with van der Waals surface area (Å²) in [6.45, 7) is 2.73. The van der Waals surface area contributed by atoms with Crippen LogP contribution in [0.5, 0.6) is 0 Å². The van der Waals surface area contributed by atoms with Crippen molar-refractivity contribution in [3.63, 3.8) is 0 Å². The number of hydrogen-bond acceptors (Lipinski definition) is 5. The van der Waals surface area contributed by atoms with Gasteiger partial charge in [0.05, 0.1) is 18.0 Å². The second kappa shape index (κ2) is 8.68. The van der Waals surface area contributed by atoms with E-state index in [1.807, 2.05) is 0 Å². The van der Waals surface area contributed by atoms with E-state index in [2.05, 4.69) is 21.2 Å². The van der Waals surface area contributed by atoms with E-state index in [0.717, 1.165) is 0 Å². The second-order valence-corrected chi connectivity index (χ2v) is 6.39. The van der Waals surface area contributed by atoms with E-state index >= 15 is 0 Å². The minimum atomic E-state index is -0.844. The van der Waals surface area contributed by atoms with Gasteiger partial charge >= 0.3 is 12.2 Å². The summed E-state index contributed by atoms with van der Waals surface area (Å²) >= 11 is 3.44. The number of ether oxygens (including phenoxy) is 2. The van der Waals surface area contributed by atoms with Crippen LogP contribution in [0.1, 0.15) is 23.7 Å². The minimum Gasteiger partial charge on any atom is -0.450 e. The SMILES string of the molecule is CCOC(=O)N1CC[C@@H](Br)[C@H](OC(=O)NC(=O)c2ccccc2)C1. The molecule has 1 aromatic carbocycles. The van der Waals surface area contributed by atoms with Crippen molar-refractivity contribution < 1.29 is 23.9 Å². The molecule has 8 heteroatoms. The summed E-state index contributed by atoms with van der Waals surface area (Å²) in [5, 5.41) is 2.18. The quantitative estimate of drug-likeness (QED) is 0.790. The van der Waals surface area contributed by atoms with Gasteiger partial charge in [0.2, 0.25) is 0 Å². The number of amides is 3. The zero-order valence-electron chi connectivity index (χ0n) is 13.2. The lowest BCUT2D eigenvalue weighted by Crippen LogP contribution is -2.50. The summed E-state index contributed by atoms with van der Waals surface area (Å²) < 4.78 is 10.2. The summed E-state index contributed by atoms with van der Waals surface area (Å²) in [5.41, 5.74) is 0.363. The van der Waals surface area contributed by atoms with Crippen LogP contribution in [0.3, 0.4) is 0 Å². The molecule has 1 aromatic rings. The molecule has 130 valence electrons. The number of rotatable bonds is 3. The Morgan fingerprint density at radius 3 is 2.67 bits per heavy atom. The number of nitrogens with one attached hydrogen (secondary N) is 1. The van der Waals surface area contributed by atoms with E-state index in [4.69, 9.17) is 9.47 Å². The summed E-state index contributed by atoms with van der Waals surface area (Å²) in [4.78, 5) is 37.0. The summed E-state index contributed by atoms with van der Waals surface area (Å²) in [6, 6.07) is 8.37. The number of hydrogen-bond donors (Lipinski definition) is 1. The Balaban J connectivity index is 1.89. The van der Waals surface area contributed by atoms with E-state index in [9.17, 15) is 14.4 Å². The molecule has 2 atom stereocenters. The van der Waals surface area contributed by atoms with Crippen LogP contribution < -0.4 is 5.32 Å². The molecule has 1 heterocycles. The third-order valence-corrected chi connectivity index (χ3v) is 4.56. The molecule has 2 rings (SSSR count). The van der Waals surface area contributed by atoms with Crippen LogP contribution in [0.2, 0.25) is 0 Å². The molecule has 0 aromatic heterocycles. The fourth-order valence-electron chi connectivity index (χ4n) is 2.30. The molecule has 0 bridgehead atoms. The molecule has 7 nitrogen and oxygen atoms in total. The molecular weight excluding hydrogens is 380 g/mol. The van der Waals surface area contributed by atoms with E-state index < -0.39 is 24.2 Å². The van der Waals surface area contributed by atoms with Gasteiger partial charge in [0.1, 0.15) is 6.10 Å². The number of imide groups is 1. The maximum atomic E-state index is 11.9. The van der Waals surface area contributed by atoms with Gasteiger partial charge in [-0.3, -0.25) is 10.1 Å². The summed E-state index contributed by atoms with van der Waals surface area (Å²) in [6.07, 6.45) is -1.23. The largest absolute Gasteiger partial charge is 0.450 e. The van der Waals surface area contributed by atoms with Gasteiger partial charge in [-0.1, -0.05) is 34.1 Å². The molecule has 1 N–H and O–H groups in total. The first-order valence-corrected chi connectivity index (χ1v) is 8.55. The van der Waals surface area contributed by atoms with Crippen LogP contribution in [-0.4, -0.2) is 53.6 Å². The number of benzene rings is 1. The Morgan fingerprint density at radius 1 is 1.29 bits per heavy atom.